The van der Waals surface area contributed by atoms with Gasteiger partial charge in [0.1, 0.15) is 0 Å². The van der Waals surface area contributed by atoms with E-state index in [1.807, 2.05) is 24.4 Å². The molecule has 1 aromatic carbocycles. The van der Waals surface area contributed by atoms with Crippen LogP contribution < -0.4 is 5.56 Å². The topological polar surface area (TPSA) is 22.0 Å². The van der Waals surface area contributed by atoms with Gasteiger partial charge in [-0.15, -0.1) is 0 Å². The van der Waals surface area contributed by atoms with Crippen molar-refractivity contribution in [1.82, 2.24) is 4.57 Å². The van der Waals surface area contributed by atoms with E-state index in [2.05, 4.69) is 36.7 Å². The van der Waals surface area contributed by atoms with Gasteiger partial charge in [-0.2, -0.15) is 0 Å². The van der Waals surface area contributed by atoms with Crippen molar-refractivity contribution in [2.75, 3.05) is 0 Å². The predicted octanol–water partition coefficient (Wildman–Crippen LogP) is 3.60. The van der Waals surface area contributed by atoms with E-state index in [-0.39, 0.29) is 11.0 Å². The van der Waals surface area contributed by atoms with Crippen LogP contribution in [0.5, 0.6) is 0 Å². The van der Waals surface area contributed by atoms with Crippen LogP contribution in [0.25, 0.3) is 10.8 Å². The van der Waals surface area contributed by atoms with E-state index >= 15 is 0 Å². The van der Waals surface area contributed by atoms with Crippen LogP contribution in [0.1, 0.15) is 26.3 Å². The van der Waals surface area contributed by atoms with E-state index in [0.29, 0.717) is 0 Å². The van der Waals surface area contributed by atoms with Crippen molar-refractivity contribution in [2.45, 2.75) is 26.2 Å². The maximum atomic E-state index is 12.1. The molecule has 2 rings (SSSR count). The Labute approximate surface area is 109 Å². The molecule has 0 spiro atoms. The van der Waals surface area contributed by atoms with E-state index in [0.717, 1.165) is 15.2 Å². The first-order chi connectivity index (χ1) is 7.80. The number of aryl methyl sites for hydroxylation is 1. The SMILES string of the molecule is Cn1cc(C(C)(C)C)c2ccc(Br)cc2c1=O. The summed E-state index contributed by atoms with van der Waals surface area (Å²) in [5.74, 6) is 0. The van der Waals surface area contributed by atoms with Gasteiger partial charge in [-0.3, -0.25) is 4.79 Å². The summed E-state index contributed by atoms with van der Waals surface area (Å²) in [5.41, 5.74) is 1.27. The Morgan fingerprint density at radius 2 is 1.82 bits per heavy atom. The average molecular weight is 294 g/mol. The molecule has 0 saturated heterocycles. The molecular weight excluding hydrogens is 278 g/mol. The van der Waals surface area contributed by atoms with Crippen LogP contribution >= 0.6 is 15.9 Å². The Kier molecular flexibility index (Phi) is 2.90. The number of pyridine rings is 1. The molecular formula is C14H16BrNO. The smallest absolute Gasteiger partial charge is 0.258 e. The summed E-state index contributed by atoms with van der Waals surface area (Å²) >= 11 is 3.42. The molecule has 0 aliphatic carbocycles. The molecule has 0 bridgehead atoms. The molecule has 0 saturated carbocycles. The fourth-order valence-electron chi connectivity index (χ4n) is 2.04. The zero-order chi connectivity index (χ0) is 12.8. The molecule has 1 heterocycles. The number of fused-ring (bicyclic) bond motifs is 1. The molecule has 0 N–H and O–H groups in total. The first-order valence-corrected chi connectivity index (χ1v) is 6.39. The molecule has 0 fully saturated rings. The van der Waals surface area contributed by atoms with E-state index in [1.54, 1.807) is 11.6 Å². The van der Waals surface area contributed by atoms with Crippen LogP contribution in [0.3, 0.4) is 0 Å². The largest absolute Gasteiger partial charge is 0.318 e. The average Bonchev–Trinajstić information content (AvgIpc) is 2.22. The minimum atomic E-state index is 0.0253. The number of rotatable bonds is 0. The van der Waals surface area contributed by atoms with Gasteiger partial charge in [-0.05, 0) is 28.5 Å². The van der Waals surface area contributed by atoms with Crippen molar-refractivity contribution in [3.05, 3.63) is 44.8 Å². The Balaban J connectivity index is 2.97. The molecule has 0 aliphatic heterocycles. The van der Waals surface area contributed by atoms with Gasteiger partial charge in [0.2, 0.25) is 0 Å². The van der Waals surface area contributed by atoms with Gasteiger partial charge in [0.25, 0.3) is 5.56 Å². The summed E-state index contributed by atoms with van der Waals surface area (Å²) in [6.07, 6.45) is 1.94. The van der Waals surface area contributed by atoms with E-state index in [1.165, 1.54) is 5.56 Å². The molecule has 2 aromatic rings. The Hall–Kier alpha value is -1.09. The monoisotopic (exact) mass is 293 g/mol. The number of aromatic nitrogens is 1. The third-order valence-corrected chi connectivity index (χ3v) is 3.45. The van der Waals surface area contributed by atoms with Crippen molar-refractivity contribution in [2.24, 2.45) is 7.05 Å². The molecule has 90 valence electrons. The van der Waals surface area contributed by atoms with Gasteiger partial charge in [0, 0.05) is 23.1 Å². The first-order valence-electron chi connectivity index (χ1n) is 5.60. The fraction of sp³-hybridized carbons (Fsp3) is 0.357. The Morgan fingerprint density at radius 1 is 1.18 bits per heavy atom. The third kappa shape index (κ3) is 2.16. The number of nitrogens with zero attached hydrogens (tertiary/aromatic N) is 1. The maximum absolute atomic E-state index is 12.1. The lowest BCUT2D eigenvalue weighted by molar-refractivity contribution is 0.587. The van der Waals surface area contributed by atoms with Crippen LogP contribution in [-0.2, 0) is 12.5 Å². The summed E-state index contributed by atoms with van der Waals surface area (Å²) in [4.78, 5) is 12.1. The molecule has 1 aromatic heterocycles. The molecule has 2 nitrogen and oxygen atoms in total. The van der Waals surface area contributed by atoms with Gasteiger partial charge < -0.3 is 4.57 Å². The number of hydrogen-bond donors (Lipinski definition) is 0. The van der Waals surface area contributed by atoms with Crippen molar-refractivity contribution in [3.8, 4) is 0 Å². The molecule has 3 heteroatoms. The zero-order valence-corrected chi connectivity index (χ0v) is 12.1. The maximum Gasteiger partial charge on any atom is 0.258 e. The lowest BCUT2D eigenvalue weighted by Gasteiger charge is -2.22. The van der Waals surface area contributed by atoms with Crippen LogP contribution in [0.15, 0.2) is 33.7 Å². The summed E-state index contributed by atoms with van der Waals surface area (Å²) < 4.78 is 2.60. The van der Waals surface area contributed by atoms with Gasteiger partial charge >= 0.3 is 0 Å². The van der Waals surface area contributed by atoms with Gasteiger partial charge in [-0.1, -0.05) is 42.8 Å². The normalized spacial score (nSPS) is 12.1. The number of benzene rings is 1. The Morgan fingerprint density at radius 3 is 2.41 bits per heavy atom. The zero-order valence-electron chi connectivity index (χ0n) is 10.5. The van der Waals surface area contributed by atoms with E-state index in [4.69, 9.17) is 0 Å². The molecule has 0 radical (unpaired) electrons. The second-order valence-corrected chi connectivity index (χ2v) is 6.31. The standard InChI is InChI=1S/C14H16BrNO/c1-14(2,3)12-8-16(4)13(17)11-7-9(15)5-6-10(11)12/h5-8H,1-4H3. The highest BCUT2D eigenvalue weighted by Crippen LogP contribution is 2.29. The minimum absolute atomic E-state index is 0.0253. The number of halogens is 1. The fourth-order valence-corrected chi connectivity index (χ4v) is 2.40. The summed E-state index contributed by atoms with van der Waals surface area (Å²) in [6.45, 7) is 6.48. The van der Waals surface area contributed by atoms with Gasteiger partial charge in [0.15, 0.2) is 0 Å². The highest BCUT2D eigenvalue weighted by Gasteiger charge is 2.19. The second kappa shape index (κ2) is 3.98. The summed E-state index contributed by atoms with van der Waals surface area (Å²) in [5, 5.41) is 1.82. The lowest BCUT2D eigenvalue weighted by Crippen LogP contribution is -2.22. The molecule has 17 heavy (non-hydrogen) atoms. The van der Waals surface area contributed by atoms with E-state index < -0.39 is 0 Å². The van der Waals surface area contributed by atoms with Crippen LogP contribution in [-0.4, -0.2) is 4.57 Å². The predicted molar refractivity (Wildman–Crippen MR) is 75.6 cm³/mol. The van der Waals surface area contributed by atoms with Crippen LogP contribution in [0.4, 0.5) is 0 Å². The highest BCUT2D eigenvalue weighted by molar-refractivity contribution is 9.10. The van der Waals surface area contributed by atoms with E-state index in [9.17, 15) is 4.79 Å². The Bertz CT molecular complexity index is 635. The lowest BCUT2D eigenvalue weighted by atomic mass is 9.85. The molecule has 0 atom stereocenters. The first kappa shape index (κ1) is 12.4. The molecule has 0 aliphatic rings. The molecule has 0 amide bonds. The van der Waals surface area contributed by atoms with Crippen LogP contribution in [0.2, 0.25) is 0 Å². The molecule has 0 unspecified atom stereocenters. The quantitative estimate of drug-likeness (QED) is 0.727. The van der Waals surface area contributed by atoms with Gasteiger partial charge in [-0.25, -0.2) is 0 Å². The van der Waals surface area contributed by atoms with Gasteiger partial charge in [0.05, 0.1) is 0 Å². The highest BCUT2D eigenvalue weighted by atomic mass is 79.9. The third-order valence-electron chi connectivity index (χ3n) is 2.95. The number of hydrogen-bond acceptors (Lipinski definition) is 1. The minimum Gasteiger partial charge on any atom is -0.318 e. The van der Waals surface area contributed by atoms with Crippen molar-refractivity contribution in [3.63, 3.8) is 0 Å². The van der Waals surface area contributed by atoms with Crippen molar-refractivity contribution < 1.29 is 0 Å². The van der Waals surface area contributed by atoms with Crippen molar-refractivity contribution >= 4 is 26.7 Å². The van der Waals surface area contributed by atoms with Crippen LogP contribution in [0, 0.1) is 0 Å². The summed E-state index contributed by atoms with van der Waals surface area (Å²) in [6, 6.07) is 5.89. The summed E-state index contributed by atoms with van der Waals surface area (Å²) in [7, 11) is 1.80. The van der Waals surface area contributed by atoms with Crippen molar-refractivity contribution in [1.29, 1.82) is 0 Å². The second-order valence-electron chi connectivity index (χ2n) is 5.40.